The number of likely N-dealkylation sites (tertiary alicyclic amines) is 1. The molecule has 0 bridgehead atoms. The fraction of sp³-hybridized carbons (Fsp3) is 0.435. The normalized spacial score (nSPS) is 17.2. The van der Waals surface area contributed by atoms with Crippen LogP contribution in [-0.4, -0.2) is 59.2 Å². The van der Waals surface area contributed by atoms with Crippen LogP contribution in [-0.2, 0) is 21.3 Å². The molecular formula is C23H32N4O3S. The molecule has 0 amide bonds. The molecule has 7 nitrogen and oxygen atoms in total. The molecular weight excluding hydrogens is 412 g/mol. The van der Waals surface area contributed by atoms with E-state index in [0.29, 0.717) is 19.1 Å². The maximum atomic E-state index is 12.5. The van der Waals surface area contributed by atoms with Gasteiger partial charge in [-0.2, -0.15) is 0 Å². The van der Waals surface area contributed by atoms with Crippen LogP contribution >= 0.6 is 0 Å². The lowest BCUT2D eigenvalue weighted by Gasteiger charge is -2.22. The highest BCUT2D eigenvalue weighted by Crippen LogP contribution is 2.27. The molecule has 2 N–H and O–H groups in total. The van der Waals surface area contributed by atoms with Crippen molar-refractivity contribution in [3.05, 3.63) is 65.7 Å². The molecule has 1 aliphatic heterocycles. The van der Waals surface area contributed by atoms with Gasteiger partial charge < -0.3 is 15.0 Å². The van der Waals surface area contributed by atoms with Gasteiger partial charge in [0.05, 0.1) is 18.0 Å². The predicted molar refractivity (Wildman–Crippen MR) is 124 cm³/mol. The molecule has 31 heavy (non-hydrogen) atoms. The van der Waals surface area contributed by atoms with Crippen LogP contribution in [0.25, 0.3) is 0 Å². The maximum absolute atomic E-state index is 12.5. The van der Waals surface area contributed by atoms with Crippen molar-refractivity contribution < 1.29 is 13.2 Å². The number of hydrogen-bond donors (Lipinski definition) is 2. The Balaban J connectivity index is 1.68. The van der Waals surface area contributed by atoms with Gasteiger partial charge in [-0.15, -0.1) is 0 Å². The fourth-order valence-electron chi connectivity index (χ4n) is 3.71. The number of nitrogens with zero attached hydrogens (tertiary/aromatic N) is 2. The zero-order chi connectivity index (χ0) is 22.1. The molecule has 1 fully saturated rings. The summed E-state index contributed by atoms with van der Waals surface area (Å²) in [6, 6.07) is 17.5. The summed E-state index contributed by atoms with van der Waals surface area (Å²) in [5.74, 6) is 1.36. The summed E-state index contributed by atoms with van der Waals surface area (Å²) in [6.07, 6.45) is 1.09. The van der Waals surface area contributed by atoms with Gasteiger partial charge in [0.2, 0.25) is 10.0 Å². The van der Waals surface area contributed by atoms with Gasteiger partial charge in [0.15, 0.2) is 5.96 Å². The topological polar surface area (TPSA) is 83.0 Å². The number of methoxy groups -OCH3 is 1. The van der Waals surface area contributed by atoms with Gasteiger partial charge in [0.1, 0.15) is 0 Å². The minimum absolute atomic E-state index is 0.239. The van der Waals surface area contributed by atoms with E-state index in [0.717, 1.165) is 37.6 Å². The third-order valence-corrected chi connectivity index (χ3v) is 6.77. The number of rotatable bonds is 9. The average Bonchev–Trinajstić information content (AvgIpc) is 3.28. The number of hydrogen-bond acceptors (Lipinski definition) is 4. The fourth-order valence-corrected chi connectivity index (χ4v) is 4.80. The second-order valence-corrected chi connectivity index (χ2v) is 9.32. The Kier molecular flexibility index (Phi) is 8.45. The molecule has 168 valence electrons. The van der Waals surface area contributed by atoms with Crippen LogP contribution in [0.2, 0.25) is 0 Å². The molecule has 0 radical (unpaired) electrons. The SMILES string of the molecule is CCNC(=NCc1cccc(S(=O)(=O)NCCOC)c1)N1CCC(c2ccccc2)C1. The van der Waals surface area contributed by atoms with Crippen LogP contribution in [0.15, 0.2) is 64.5 Å². The zero-order valence-electron chi connectivity index (χ0n) is 18.3. The Morgan fingerprint density at radius 1 is 1.19 bits per heavy atom. The molecule has 1 atom stereocenters. The average molecular weight is 445 g/mol. The standard InChI is InChI=1S/C23H32N4O3S/c1-3-24-23(27-14-12-21(18-27)20-9-5-4-6-10-20)25-17-19-8-7-11-22(16-19)31(28,29)26-13-15-30-2/h4-11,16,21,26H,3,12-15,17-18H2,1-2H3,(H,24,25). The van der Waals surface area contributed by atoms with Crippen LogP contribution in [0.4, 0.5) is 0 Å². The molecule has 2 aromatic carbocycles. The molecule has 3 rings (SSSR count). The number of ether oxygens (including phenoxy) is 1. The Labute approximate surface area is 185 Å². The largest absolute Gasteiger partial charge is 0.383 e. The lowest BCUT2D eigenvalue weighted by Crippen LogP contribution is -2.40. The van der Waals surface area contributed by atoms with Crippen LogP contribution < -0.4 is 10.0 Å². The second kappa shape index (κ2) is 11.3. The van der Waals surface area contributed by atoms with E-state index in [1.165, 1.54) is 12.7 Å². The summed E-state index contributed by atoms with van der Waals surface area (Å²) in [4.78, 5) is 7.32. The summed E-state index contributed by atoms with van der Waals surface area (Å²) >= 11 is 0. The first-order chi connectivity index (χ1) is 15.0. The third-order valence-electron chi connectivity index (χ3n) is 5.31. The second-order valence-electron chi connectivity index (χ2n) is 7.55. The minimum Gasteiger partial charge on any atom is -0.383 e. The van der Waals surface area contributed by atoms with Crippen LogP contribution in [0.3, 0.4) is 0 Å². The van der Waals surface area contributed by atoms with Gasteiger partial charge >= 0.3 is 0 Å². The molecule has 8 heteroatoms. The summed E-state index contributed by atoms with van der Waals surface area (Å²) < 4.78 is 32.4. The number of aliphatic imine (C=N–C) groups is 1. The van der Waals surface area contributed by atoms with Crippen molar-refractivity contribution in [3.63, 3.8) is 0 Å². The molecule has 1 aliphatic rings. The number of nitrogens with one attached hydrogen (secondary N) is 2. The summed E-state index contributed by atoms with van der Waals surface area (Å²) in [5, 5.41) is 3.38. The monoisotopic (exact) mass is 444 g/mol. The molecule has 0 saturated carbocycles. The van der Waals surface area contributed by atoms with Gasteiger partial charge in [0, 0.05) is 39.2 Å². The summed E-state index contributed by atoms with van der Waals surface area (Å²) in [6.45, 7) is 5.69. The predicted octanol–water partition coefficient (Wildman–Crippen LogP) is 2.57. The highest BCUT2D eigenvalue weighted by molar-refractivity contribution is 7.89. The highest BCUT2D eigenvalue weighted by Gasteiger charge is 2.25. The van der Waals surface area contributed by atoms with Crippen LogP contribution in [0.5, 0.6) is 0 Å². The molecule has 0 aromatic heterocycles. The molecule has 1 unspecified atom stereocenters. The Morgan fingerprint density at radius 3 is 2.74 bits per heavy atom. The number of guanidine groups is 1. The number of sulfonamides is 1. The van der Waals surface area contributed by atoms with Crippen molar-refractivity contribution in [2.45, 2.75) is 30.7 Å². The van der Waals surface area contributed by atoms with Crippen LogP contribution in [0, 0.1) is 0 Å². The minimum atomic E-state index is -3.56. The first-order valence-electron chi connectivity index (χ1n) is 10.7. The van der Waals surface area contributed by atoms with Crippen molar-refractivity contribution in [1.82, 2.24) is 14.9 Å². The number of benzene rings is 2. The van der Waals surface area contributed by atoms with Crippen molar-refractivity contribution in [2.24, 2.45) is 4.99 Å². The Bertz CT molecular complexity index is 964. The van der Waals surface area contributed by atoms with E-state index >= 15 is 0 Å². The molecule has 2 aromatic rings. The third kappa shape index (κ3) is 6.53. The van der Waals surface area contributed by atoms with Gasteiger partial charge in [0.25, 0.3) is 0 Å². The smallest absolute Gasteiger partial charge is 0.240 e. The first-order valence-corrected chi connectivity index (χ1v) is 12.2. The van der Waals surface area contributed by atoms with E-state index in [4.69, 9.17) is 9.73 Å². The Morgan fingerprint density at radius 2 is 2.00 bits per heavy atom. The molecule has 1 heterocycles. The van der Waals surface area contributed by atoms with Crippen molar-refractivity contribution in [3.8, 4) is 0 Å². The lowest BCUT2D eigenvalue weighted by atomic mass is 9.99. The van der Waals surface area contributed by atoms with E-state index in [1.807, 2.05) is 12.1 Å². The Hall–Kier alpha value is -2.42. The van der Waals surface area contributed by atoms with Gasteiger partial charge in [-0.05, 0) is 36.6 Å². The van der Waals surface area contributed by atoms with E-state index in [9.17, 15) is 8.42 Å². The van der Waals surface area contributed by atoms with Gasteiger partial charge in [-0.3, -0.25) is 0 Å². The maximum Gasteiger partial charge on any atom is 0.240 e. The van der Waals surface area contributed by atoms with Crippen molar-refractivity contribution >= 4 is 16.0 Å². The highest BCUT2D eigenvalue weighted by atomic mass is 32.2. The van der Waals surface area contributed by atoms with E-state index in [1.54, 1.807) is 18.2 Å². The quantitative estimate of drug-likeness (QED) is 0.353. The zero-order valence-corrected chi connectivity index (χ0v) is 19.1. The van der Waals surface area contributed by atoms with Crippen molar-refractivity contribution in [2.75, 3.05) is 39.9 Å². The van der Waals surface area contributed by atoms with Crippen LogP contribution in [0.1, 0.15) is 30.4 Å². The van der Waals surface area contributed by atoms with E-state index in [2.05, 4.69) is 46.1 Å². The lowest BCUT2D eigenvalue weighted by molar-refractivity contribution is 0.204. The summed E-state index contributed by atoms with van der Waals surface area (Å²) in [5.41, 5.74) is 2.21. The van der Waals surface area contributed by atoms with Crippen molar-refractivity contribution in [1.29, 1.82) is 0 Å². The molecule has 0 spiro atoms. The van der Waals surface area contributed by atoms with E-state index < -0.39 is 10.0 Å². The van der Waals surface area contributed by atoms with Gasteiger partial charge in [-0.25, -0.2) is 18.1 Å². The molecule has 1 saturated heterocycles. The first kappa shape index (κ1) is 23.2. The van der Waals surface area contributed by atoms with Gasteiger partial charge in [-0.1, -0.05) is 42.5 Å². The molecule has 0 aliphatic carbocycles. The summed E-state index contributed by atoms with van der Waals surface area (Å²) in [7, 11) is -2.02. The van der Waals surface area contributed by atoms with E-state index in [-0.39, 0.29) is 11.4 Å².